The molecular weight excluding hydrogens is 228 g/mol. The number of rotatable bonds is 4. The summed E-state index contributed by atoms with van der Waals surface area (Å²) >= 11 is 0. The van der Waals surface area contributed by atoms with Gasteiger partial charge in [0.1, 0.15) is 11.6 Å². The summed E-state index contributed by atoms with van der Waals surface area (Å²) in [5.74, 6) is -0.280. The van der Waals surface area contributed by atoms with Crippen molar-refractivity contribution >= 4 is 5.97 Å². The van der Waals surface area contributed by atoms with E-state index in [1.807, 2.05) is 20.8 Å². The first kappa shape index (κ1) is 15.4. The average Bonchev–Trinajstić information content (AvgIpc) is 2.27. The van der Waals surface area contributed by atoms with Gasteiger partial charge in [0.15, 0.2) is 0 Å². The maximum atomic E-state index is 12.1. The van der Waals surface area contributed by atoms with Crippen LogP contribution in [0.4, 0.5) is 0 Å². The summed E-state index contributed by atoms with van der Waals surface area (Å²) in [6, 6.07) is -0.541. The van der Waals surface area contributed by atoms with Gasteiger partial charge in [-0.3, -0.25) is 4.79 Å². The minimum absolute atomic E-state index is 0.144. The van der Waals surface area contributed by atoms with E-state index < -0.39 is 11.6 Å². The van der Waals surface area contributed by atoms with Gasteiger partial charge in [-0.15, -0.1) is 0 Å². The molecule has 0 radical (unpaired) electrons. The number of hydrogen-bond acceptors (Lipinski definition) is 4. The number of carbonyl (C=O) groups is 1. The van der Waals surface area contributed by atoms with Crippen LogP contribution in [-0.4, -0.2) is 24.2 Å². The van der Waals surface area contributed by atoms with Gasteiger partial charge in [-0.1, -0.05) is 19.3 Å². The zero-order chi connectivity index (χ0) is 13.8. The molecule has 1 aliphatic rings. The molecule has 0 spiro atoms. The molecule has 18 heavy (non-hydrogen) atoms. The lowest BCUT2D eigenvalue weighted by atomic mass is 9.67. The van der Waals surface area contributed by atoms with Crippen LogP contribution < -0.4 is 11.5 Å². The lowest BCUT2D eigenvalue weighted by Crippen LogP contribution is -2.51. The third kappa shape index (κ3) is 3.95. The second kappa shape index (κ2) is 6.02. The smallest absolute Gasteiger partial charge is 0.324 e. The third-order valence-electron chi connectivity index (χ3n) is 3.81. The van der Waals surface area contributed by atoms with Gasteiger partial charge in [-0.2, -0.15) is 0 Å². The maximum Gasteiger partial charge on any atom is 0.324 e. The first-order valence-electron chi connectivity index (χ1n) is 6.99. The summed E-state index contributed by atoms with van der Waals surface area (Å²) in [6.07, 6.45) is 6.29. The molecule has 1 unspecified atom stereocenters. The average molecular weight is 256 g/mol. The fraction of sp³-hybridized carbons (Fsp3) is 0.929. The van der Waals surface area contributed by atoms with Gasteiger partial charge in [0.25, 0.3) is 0 Å². The van der Waals surface area contributed by atoms with Gasteiger partial charge in [0.05, 0.1) is 0 Å². The number of nitrogens with two attached hydrogens (primary N) is 2. The highest BCUT2D eigenvalue weighted by Crippen LogP contribution is 2.41. The lowest BCUT2D eigenvalue weighted by Gasteiger charge is -2.41. The van der Waals surface area contributed by atoms with Crippen molar-refractivity contribution in [2.75, 3.05) is 6.54 Å². The SMILES string of the molecule is CC(C)(C)OC(=O)C(N)C1(CCN)CCCCC1. The van der Waals surface area contributed by atoms with Gasteiger partial charge in [-0.25, -0.2) is 0 Å². The van der Waals surface area contributed by atoms with Crippen LogP contribution >= 0.6 is 0 Å². The molecule has 4 nitrogen and oxygen atoms in total. The second-order valence-corrected chi connectivity index (χ2v) is 6.47. The molecule has 0 aromatic heterocycles. The van der Waals surface area contributed by atoms with E-state index in [1.165, 1.54) is 6.42 Å². The van der Waals surface area contributed by atoms with E-state index in [2.05, 4.69) is 0 Å². The zero-order valence-corrected chi connectivity index (χ0v) is 12.0. The first-order chi connectivity index (χ1) is 8.31. The third-order valence-corrected chi connectivity index (χ3v) is 3.81. The Labute approximate surface area is 110 Å². The highest BCUT2D eigenvalue weighted by atomic mass is 16.6. The Morgan fingerprint density at radius 3 is 2.28 bits per heavy atom. The molecular formula is C14H28N2O2. The van der Waals surface area contributed by atoms with Crippen molar-refractivity contribution in [3.05, 3.63) is 0 Å². The van der Waals surface area contributed by atoms with Gasteiger partial charge < -0.3 is 16.2 Å². The Balaban J connectivity index is 2.75. The number of ether oxygens (including phenoxy) is 1. The zero-order valence-electron chi connectivity index (χ0n) is 12.0. The van der Waals surface area contributed by atoms with E-state index in [4.69, 9.17) is 16.2 Å². The maximum absolute atomic E-state index is 12.1. The lowest BCUT2D eigenvalue weighted by molar-refractivity contribution is -0.161. The van der Waals surface area contributed by atoms with Gasteiger partial charge in [0.2, 0.25) is 0 Å². The van der Waals surface area contributed by atoms with E-state index in [1.54, 1.807) is 0 Å². The van der Waals surface area contributed by atoms with Crippen molar-refractivity contribution in [3.8, 4) is 0 Å². The van der Waals surface area contributed by atoms with Crippen molar-refractivity contribution in [2.24, 2.45) is 16.9 Å². The summed E-state index contributed by atoms with van der Waals surface area (Å²) in [4.78, 5) is 12.1. The summed E-state index contributed by atoms with van der Waals surface area (Å²) in [7, 11) is 0. The van der Waals surface area contributed by atoms with Crippen LogP contribution in [0.25, 0.3) is 0 Å². The summed E-state index contributed by atoms with van der Waals surface area (Å²) in [6.45, 7) is 6.19. The van der Waals surface area contributed by atoms with Crippen molar-refractivity contribution < 1.29 is 9.53 Å². The van der Waals surface area contributed by atoms with Gasteiger partial charge >= 0.3 is 5.97 Å². The molecule has 0 heterocycles. The van der Waals surface area contributed by atoms with Gasteiger partial charge in [0, 0.05) is 0 Å². The summed E-state index contributed by atoms with van der Waals surface area (Å²) in [5, 5.41) is 0. The quantitative estimate of drug-likeness (QED) is 0.754. The van der Waals surface area contributed by atoms with Crippen LogP contribution in [0.5, 0.6) is 0 Å². The van der Waals surface area contributed by atoms with E-state index in [0.29, 0.717) is 6.54 Å². The molecule has 1 atom stereocenters. The van der Waals surface area contributed by atoms with Crippen molar-refractivity contribution in [3.63, 3.8) is 0 Å². The van der Waals surface area contributed by atoms with E-state index in [-0.39, 0.29) is 11.4 Å². The van der Waals surface area contributed by atoms with E-state index in [9.17, 15) is 4.79 Å². The Hall–Kier alpha value is -0.610. The van der Waals surface area contributed by atoms with E-state index in [0.717, 1.165) is 32.1 Å². The Bertz CT molecular complexity index is 272. The molecule has 1 aliphatic carbocycles. The van der Waals surface area contributed by atoms with Crippen molar-refractivity contribution in [2.45, 2.75) is 70.9 Å². The standard InChI is InChI=1S/C14H28N2O2/c1-13(2,3)18-12(17)11(16)14(9-10-15)7-5-4-6-8-14/h11H,4-10,15-16H2,1-3H3. The van der Waals surface area contributed by atoms with E-state index >= 15 is 0 Å². The molecule has 4 heteroatoms. The van der Waals surface area contributed by atoms with Crippen LogP contribution in [0.15, 0.2) is 0 Å². The Kier molecular flexibility index (Phi) is 5.17. The van der Waals surface area contributed by atoms with Crippen LogP contribution in [-0.2, 0) is 9.53 Å². The molecule has 0 bridgehead atoms. The molecule has 1 saturated carbocycles. The molecule has 1 rings (SSSR count). The van der Waals surface area contributed by atoms with Gasteiger partial charge in [-0.05, 0) is 52.0 Å². The molecule has 0 aliphatic heterocycles. The summed E-state index contributed by atoms with van der Waals surface area (Å²) < 4.78 is 5.42. The largest absolute Gasteiger partial charge is 0.459 e. The normalized spacial score (nSPS) is 21.4. The Morgan fingerprint density at radius 1 is 1.28 bits per heavy atom. The van der Waals surface area contributed by atoms with Crippen LogP contribution in [0.3, 0.4) is 0 Å². The fourth-order valence-corrected chi connectivity index (χ4v) is 2.88. The second-order valence-electron chi connectivity index (χ2n) is 6.47. The molecule has 106 valence electrons. The predicted molar refractivity (Wildman–Crippen MR) is 73.0 cm³/mol. The minimum Gasteiger partial charge on any atom is -0.459 e. The number of hydrogen-bond donors (Lipinski definition) is 2. The number of carbonyl (C=O) groups excluding carboxylic acids is 1. The topological polar surface area (TPSA) is 78.3 Å². The van der Waals surface area contributed by atoms with Crippen LogP contribution in [0, 0.1) is 5.41 Å². The van der Waals surface area contributed by atoms with Crippen LogP contribution in [0.1, 0.15) is 59.3 Å². The Morgan fingerprint density at radius 2 is 1.83 bits per heavy atom. The number of esters is 1. The summed E-state index contributed by atoms with van der Waals surface area (Å²) in [5.41, 5.74) is 11.3. The monoisotopic (exact) mass is 256 g/mol. The molecule has 0 saturated heterocycles. The minimum atomic E-state index is -0.541. The highest BCUT2D eigenvalue weighted by Gasteiger charge is 2.42. The fourth-order valence-electron chi connectivity index (χ4n) is 2.88. The molecule has 4 N–H and O–H groups in total. The molecule has 0 aromatic rings. The molecule has 0 aromatic carbocycles. The first-order valence-corrected chi connectivity index (χ1v) is 6.99. The highest BCUT2D eigenvalue weighted by molar-refractivity contribution is 5.77. The van der Waals surface area contributed by atoms with Crippen molar-refractivity contribution in [1.29, 1.82) is 0 Å². The predicted octanol–water partition coefficient (Wildman–Crippen LogP) is 1.95. The van der Waals surface area contributed by atoms with Crippen molar-refractivity contribution in [1.82, 2.24) is 0 Å². The van der Waals surface area contributed by atoms with Crippen LogP contribution in [0.2, 0.25) is 0 Å². The molecule has 1 fully saturated rings. The molecule has 0 amide bonds.